The van der Waals surface area contributed by atoms with Crippen molar-refractivity contribution in [2.45, 2.75) is 23.8 Å². The average Bonchev–Trinajstić information content (AvgIpc) is 3.37. The monoisotopic (exact) mass is 424 g/mol. The first-order valence-electron chi connectivity index (χ1n) is 8.60. The van der Waals surface area contributed by atoms with Gasteiger partial charge in [0.15, 0.2) is 0 Å². The maximum Gasteiger partial charge on any atom is 0.349 e. The molecule has 8 nitrogen and oxygen atoms in total. The lowest BCUT2D eigenvalue weighted by Crippen LogP contribution is -2.32. The Hall–Kier alpha value is -2.43. The van der Waals surface area contributed by atoms with Crippen LogP contribution in [0.4, 0.5) is 5.69 Å². The van der Waals surface area contributed by atoms with Crippen molar-refractivity contribution in [1.82, 2.24) is 5.32 Å². The number of thiophene rings is 1. The van der Waals surface area contributed by atoms with Gasteiger partial charge in [0, 0.05) is 13.2 Å². The van der Waals surface area contributed by atoms with E-state index in [0.717, 1.165) is 24.2 Å². The smallest absolute Gasteiger partial charge is 0.349 e. The molecule has 1 aromatic heterocycles. The van der Waals surface area contributed by atoms with Gasteiger partial charge in [-0.25, -0.2) is 13.2 Å². The summed E-state index contributed by atoms with van der Waals surface area (Å²) in [6, 6.07) is 7.59. The average molecular weight is 425 g/mol. The molecule has 0 spiro atoms. The number of benzene rings is 1. The second-order valence-corrected chi connectivity index (χ2v) is 8.67. The van der Waals surface area contributed by atoms with Gasteiger partial charge in [0.1, 0.15) is 9.77 Å². The minimum atomic E-state index is -4.09. The molecule has 0 radical (unpaired) electrons. The highest BCUT2D eigenvalue weighted by atomic mass is 32.2. The first-order chi connectivity index (χ1) is 13.4. The molecule has 1 atom stereocenters. The van der Waals surface area contributed by atoms with Crippen LogP contribution in [0.2, 0.25) is 0 Å². The molecule has 3 rings (SSSR count). The van der Waals surface area contributed by atoms with Crippen molar-refractivity contribution >= 4 is 38.9 Å². The number of carbonyl (C=O) groups is 2. The molecule has 2 heterocycles. The zero-order valence-corrected chi connectivity index (χ0v) is 16.8. The summed E-state index contributed by atoms with van der Waals surface area (Å²) >= 11 is 0.965. The molecule has 1 fully saturated rings. The first-order valence-corrected chi connectivity index (χ1v) is 11.0. The summed E-state index contributed by atoms with van der Waals surface area (Å²) in [5, 5.41) is 4.26. The molecule has 2 aromatic rings. The third kappa shape index (κ3) is 4.51. The van der Waals surface area contributed by atoms with E-state index in [4.69, 9.17) is 4.74 Å². The molecule has 1 unspecified atom stereocenters. The van der Waals surface area contributed by atoms with E-state index in [0.29, 0.717) is 13.2 Å². The largest absolute Gasteiger partial charge is 0.465 e. The van der Waals surface area contributed by atoms with Crippen LogP contribution in [0.15, 0.2) is 40.6 Å². The summed E-state index contributed by atoms with van der Waals surface area (Å²) in [5.74, 6) is -1.15. The number of ether oxygens (including phenoxy) is 2. The van der Waals surface area contributed by atoms with Crippen LogP contribution in [0.3, 0.4) is 0 Å². The molecule has 0 saturated carbocycles. The lowest BCUT2D eigenvalue weighted by Gasteiger charge is -2.14. The number of hydrogen-bond acceptors (Lipinski definition) is 7. The van der Waals surface area contributed by atoms with Gasteiger partial charge in [0.2, 0.25) is 0 Å². The van der Waals surface area contributed by atoms with Crippen LogP contribution in [-0.2, 0) is 19.5 Å². The van der Waals surface area contributed by atoms with Crippen LogP contribution >= 0.6 is 11.3 Å². The van der Waals surface area contributed by atoms with Gasteiger partial charge in [-0.3, -0.25) is 9.52 Å². The van der Waals surface area contributed by atoms with E-state index in [1.807, 2.05) is 0 Å². The molecule has 1 saturated heterocycles. The van der Waals surface area contributed by atoms with Gasteiger partial charge in [-0.15, -0.1) is 11.3 Å². The molecule has 1 aliphatic heterocycles. The number of rotatable bonds is 7. The number of sulfonamides is 1. The predicted octanol–water partition coefficient (Wildman–Crippen LogP) is 2.24. The van der Waals surface area contributed by atoms with Gasteiger partial charge >= 0.3 is 5.97 Å². The summed E-state index contributed by atoms with van der Waals surface area (Å²) in [6.45, 7) is 1.04. The number of para-hydroxylation sites is 1. The highest BCUT2D eigenvalue weighted by Gasteiger charge is 2.26. The second kappa shape index (κ2) is 8.72. The molecule has 1 amide bonds. The Morgan fingerprint density at radius 2 is 2.07 bits per heavy atom. The second-order valence-electron chi connectivity index (χ2n) is 6.10. The van der Waals surface area contributed by atoms with Crippen molar-refractivity contribution in [2.75, 3.05) is 25.0 Å². The van der Waals surface area contributed by atoms with Crippen LogP contribution in [0.25, 0.3) is 0 Å². The van der Waals surface area contributed by atoms with E-state index >= 15 is 0 Å². The van der Waals surface area contributed by atoms with E-state index in [1.165, 1.54) is 30.7 Å². The third-order valence-electron chi connectivity index (χ3n) is 4.22. The van der Waals surface area contributed by atoms with Crippen molar-refractivity contribution in [1.29, 1.82) is 0 Å². The van der Waals surface area contributed by atoms with Crippen LogP contribution < -0.4 is 10.0 Å². The van der Waals surface area contributed by atoms with Crippen molar-refractivity contribution in [3.05, 3.63) is 46.2 Å². The SMILES string of the molecule is COC(=O)c1sccc1S(=O)(=O)Nc1ccccc1C(=O)NCC1CCCO1. The fraction of sp³-hybridized carbons (Fsp3) is 0.333. The van der Waals surface area contributed by atoms with Gasteiger partial charge in [-0.1, -0.05) is 12.1 Å². The summed E-state index contributed by atoms with van der Waals surface area (Å²) in [4.78, 5) is 24.1. The quantitative estimate of drug-likeness (QED) is 0.660. The van der Waals surface area contributed by atoms with Crippen LogP contribution in [0.5, 0.6) is 0 Å². The normalized spacial score (nSPS) is 16.5. The molecule has 150 valence electrons. The zero-order valence-electron chi connectivity index (χ0n) is 15.1. The van der Waals surface area contributed by atoms with Gasteiger partial charge in [0.05, 0.1) is 24.5 Å². The summed E-state index contributed by atoms with van der Waals surface area (Å²) < 4.78 is 38.1. The Labute approximate surface area is 166 Å². The highest BCUT2D eigenvalue weighted by molar-refractivity contribution is 7.93. The number of amides is 1. The highest BCUT2D eigenvalue weighted by Crippen LogP contribution is 2.26. The van der Waals surface area contributed by atoms with E-state index in [9.17, 15) is 18.0 Å². The van der Waals surface area contributed by atoms with Gasteiger partial charge < -0.3 is 14.8 Å². The molecule has 10 heteroatoms. The van der Waals surface area contributed by atoms with Gasteiger partial charge in [-0.2, -0.15) is 0 Å². The zero-order chi connectivity index (χ0) is 20.1. The first kappa shape index (κ1) is 20.3. The molecule has 0 bridgehead atoms. The third-order valence-corrected chi connectivity index (χ3v) is 6.65. The lowest BCUT2D eigenvalue weighted by molar-refractivity contribution is 0.0602. The van der Waals surface area contributed by atoms with E-state index < -0.39 is 21.9 Å². The van der Waals surface area contributed by atoms with Crippen LogP contribution in [-0.4, -0.2) is 46.7 Å². The molecule has 28 heavy (non-hydrogen) atoms. The predicted molar refractivity (Wildman–Crippen MR) is 104 cm³/mol. The number of nitrogens with one attached hydrogen (secondary N) is 2. The Bertz CT molecular complexity index is 964. The standard InChI is InChI=1S/C18H20N2O6S2/c1-25-18(22)16-15(8-10-27-16)28(23,24)20-14-7-3-2-6-13(14)17(21)19-11-12-5-4-9-26-12/h2-3,6-8,10,12,20H,4-5,9,11H2,1H3,(H,19,21). The summed E-state index contributed by atoms with van der Waals surface area (Å²) in [7, 11) is -2.91. The minimum absolute atomic E-state index is 0.0266. The Balaban J connectivity index is 1.80. The van der Waals surface area contributed by atoms with Crippen LogP contribution in [0, 0.1) is 0 Å². The lowest BCUT2D eigenvalue weighted by atomic mass is 10.1. The molecule has 1 aliphatic rings. The topological polar surface area (TPSA) is 111 Å². The molecule has 1 aromatic carbocycles. The van der Waals surface area contributed by atoms with Gasteiger partial charge in [-0.05, 0) is 36.4 Å². The fourth-order valence-corrected chi connectivity index (χ4v) is 5.24. The molecular formula is C18H20N2O6S2. The Morgan fingerprint density at radius 3 is 2.79 bits per heavy atom. The number of hydrogen-bond donors (Lipinski definition) is 2. The fourth-order valence-electron chi connectivity index (χ4n) is 2.83. The minimum Gasteiger partial charge on any atom is -0.465 e. The summed E-state index contributed by atoms with van der Waals surface area (Å²) in [6.07, 6.45) is 1.81. The number of anilines is 1. The van der Waals surface area contributed by atoms with Crippen molar-refractivity contribution in [2.24, 2.45) is 0 Å². The summed E-state index contributed by atoms with van der Waals surface area (Å²) in [5.41, 5.74) is 0.299. The number of esters is 1. The molecule has 0 aliphatic carbocycles. The Morgan fingerprint density at radius 1 is 1.29 bits per heavy atom. The van der Waals surface area contributed by atoms with Crippen molar-refractivity contribution < 1.29 is 27.5 Å². The van der Waals surface area contributed by atoms with Crippen molar-refractivity contribution in [3.63, 3.8) is 0 Å². The Kier molecular flexibility index (Phi) is 6.32. The number of methoxy groups -OCH3 is 1. The van der Waals surface area contributed by atoms with E-state index in [-0.39, 0.29) is 27.1 Å². The molecular weight excluding hydrogens is 404 g/mol. The maximum absolute atomic E-state index is 12.8. The maximum atomic E-state index is 12.8. The van der Waals surface area contributed by atoms with Crippen molar-refractivity contribution in [3.8, 4) is 0 Å². The van der Waals surface area contributed by atoms with E-state index in [2.05, 4.69) is 14.8 Å². The van der Waals surface area contributed by atoms with Gasteiger partial charge in [0.25, 0.3) is 15.9 Å². The van der Waals surface area contributed by atoms with Crippen LogP contribution in [0.1, 0.15) is 32.9 Å². The molecule has 2 N–H and O–H groups in total. The number of carbonyl (C=O) groups excluding carboxylic acids is 2. The van der Waals surface area contributed by atoms with E-state index in [1.54, 1.807) is 12.1 Å².